The maximum atomic E-state index is 13.2. The number of amides is 4. The maximum Gasteiger partial charge on any atom is 0.348 e. The van der Waals surface area contributed by atoms with Gasteiger partial charge in [0.25, 0.3) is 23.7 Å². The topological polar surface area (TPSA) is 243 Å². The first-order valence-corrected chi connectivity index (χ1v) is 15.1. The summed E-state index contributed by atoms with van der Waals surface area (Å²) in [5.41, 5.74) is 0.193. The molecule has 21 heteroatoms. The Morgan fingerprint density at radius 1 is 0.800 bits per heavy atom. The van der Waals surface area contributed by atoms with E-state index in [-0.39, 0.29) is 11.8 Å². The molecular weight excluding hydrogens is 655 g/mol. The fraction of sp³-hybridized carbons (Fsp3) is 0.0833. The van der Waals surface area contributed by atoms with Crippen LogP contribution in [0.25, 0.3) is 0 Å². The van der Waals surface area contributed by atoms with Crippen LogP contribution >= 0.6 is 23.2 Å². The molecule has 4 heterocycles. The van der Waals surface area contributed by atoms with Gasteiger partial charge in [-0.25, -0.2) is 32.1 Å². The van der Waals surface area contributed by atoms with Crippen LogP contribution in [0.4, 0.5) is 32.7 Å². The highest BCUT2D eigenvalue weighted by Gasteiger charge is 2.41. The van der Waals surface area contributed by atoms with E-state index in [0.29, 0.717) is 21.4 Å². The summed E-state index contributed by atoms with van der Waals surface area (Å²) >= 11 is 11.7. The maximum absolute atomic E-state index is 13.2. The number of aromatic hydroxyl groups is 2. The Morgan fingerprint density at radius 2 is 1.31 bits per heavy atom. The molecule has 4 N–H and O–H groups in total. The highest BCUT2D eigenvalue weighted by molar-refractivity contribution is 7.91. The zero-order valence-corrected chi connectivity index (χ0v) is 24.7. The molecule has 18 nitrogen and oxygen atoms in total. The van der Waals surface area contributed by atoms with E-state index in [1.807, 2.05) is 0 Å². The lowest BCUT2D eigenvalue weighted by atomic mass is 10.3. The number of sulfone groups is 1. The SMILES string of the molecule is CS(=O)(=O)C(c1nc2n(c1O)/C(=N\C(=O)Nc1ccc(Cl)cc1)N=N2)c1nc(O)c2n1C(=NC(=O)Nc1ccc(Cl)cc1)N=N2. The van der Waals surface area contributed by atoms with Crippen LogP contribution in [0, 0.1) is 0 Å². The van der Waals surface area contributed by atoms with Crippen molar-refractivity contribution in [3.05, 3.63) is 70.1 Å². The molecule has 0 aliphatic carbocycles. The molecule has 2 aliphatic heterocycles. The quantitative estimate of drug-likeness (QED) is 0.224. The summed E-state index contributed by atoms with van der Waals surface area (Å²) in [5.74, 6) is -3.51. The zero-order valence-electron chi connectivity index (χ0n) is 22.4. The molecule has 4 amide bonds. The van der Waals surface area contributed by atoms with Crippen molar-refractivity contribution in [1.29, 1.82) is 0 Å². The Hall–Kier alpha value is -5.53. The van der Waals surface area contributed by atoms with Crippen LogP contribution in [-0.2, 0) is 9.84 Å². The van der Waals surface area contributed by atoms with Gasteiger partial charge in [0.15, 0.2) is 15.1 Å². The number of anilines is 2. The fourth-order valence-electron chi connectivity index (χ4n) is 4.21. The molecule has 2 aromatic carbocycles. The summed E-state index contributed by atoms with van der Waals surface area (Å²) in [7, 11) is -4.26. The van der Waals surface area contributed by atoms with Crippen molar-refractivity contribution in [2.24, 2.45) is 30.4 Å². The van der Waals surface area contributed by atoms with Crippen LogP contribution in [-0.4, -0.2) is 68.0 Å². The van der Waals surface area contributed by atoms with Gasteiger partial charge in [0, 0.05) is 27.7 Å². The standard InChI is InChI=1S/C24H16Cl2N12O6S/c1-45(43,44)15(14-19(40)38-20(29-14)35-36-22(38)32-24(42)28-13-8-4-11(26)5-9-13)16-30-18(39)17-33-34-21(37(16)17)31-23(41)27-12-6-2-10(25)3-7-12/h2-9,15,39-40H,1H3,(H,27,41)(H,28,42)/b31-21?,32-22-. The fourth-order valence-corrected chi connectivity index (χ4v) is 5.56. The third-order valence-electron chi connectivity index (χ3n) is 6.09. The van der Waals surface area contributed by atoms with E-state index < -0.39 is 62.3 Å². The predicted octanol–water partition coefficient (Wildman–Crippen LogP) is 5.00. The predicted molar refractivity (Wildman–Crippen MR) is 160 cm³/mol. The molecule has 0 saturated carbocycles. The number of aliphatic imine (C=N–C) groups is 2. The first kappa shape index (κ1) is 29.5. The molecule has 0 fully saturated rings. The van der Waals surface area contributed by atoms with Crippen LogP contribution in [0.3, 0.4) is 0 Å². The number of azo groups is 2. The summed E-state index contributed by atoms with van der Waals surface area (Å²) in [6.07, 6.45) is 0.823. The van der Waals surface area contributed by atoms with Crippen LogP contribution in [0.15, 0.2) is 79.0 Å². The summed E-state index contributed by atoms with van der Waals surface area (Å²) in [4.78, 5) is 40.8. The molecule has 0 saturated heterocycles. The average molecular weight is 671 g/mol. The number of carbonyl (C=O) groups excluding carboxylic acids is 2. The molecule has 4 aromatic rings. The lowest BCUT2D eigenvalue weighted by molar-refractivity contribution is 0.258. The number of imidazole rings is 2. The largest absolute Gasteiger partial charge is 0.493 e. The molecule has 0 radical (unpaired) electrons. The van der Waals surface area contributed by atoms with Crippen molar-refractivity contribution in [3.63, 3.8) is 0 Å². The van der Waals surface area contributed by atoms with Gasteiger partial charge in [0.2, 0.25) is 11.7 Å². The number of benzene rings is 2. The number of urea groups is 2. The average Bonchev–Trinajstić information content (AvgIpc) is 3.72. The normalized spacial score (nSPS) is 15.8. The second kappa shape index (κ2) is 11.2. The Kier molecular flexibility index (Phi) is 7.35. The van der Waals surface area contributed by atoms with Gasteiger partial charge in [-0.2, -0.15) is 15.0 Å². The van der Waals surface area contributed by atoms with E-state index in [9.17, 15) is 28.2 Å². The minimum absolute atomic E-state index is 0.308. The molecule has 1 unspecified atom stereocenters. The minimum atomic E-state index is -4.26. The van der Waals surface area contributed by atoms with Crippen molar-refractivity contribution in [1.82, 2.24) is 19.1 Å². The summed E-state index contributed by atoms with van der Waals surface area (Å²) < 4.78 is 28.1. The van der Waals surface area contributed by atoms with Crippen molar-refractivity contribution < 1.29 is 28.2 Å². The van der Waals surface area contributed by atoms with E-state index >= 15 is 0 Å². The van der Waals surface area contributed by atoms with Crippen molar-refractivity contribution >= 4 is 80.2 Å². The first-order chi connectivity index (χ1) is 21.4. The summed E-state index contributed by atoms with van der Waals surface area (Å²) in [5, 5.41) is 40.6. The Balaban J connectivity index is 1.35. The third kappa shape index (κ3) is 5.73. The second-order valence-corrected chi connectivity index (χ2v) is 12.2. The van der Waals surface area contributed by atoms with E-state index in [0.717, 1.165) is 15.4 Å². The van der Waals surface area contributed by atoms with E-state index in [2.05, 4.69) is 51.0 Å². The number of rotatable bonds is 5. The smallest absolute Gasteiger partial charge is 0.348 e. The molecule has 2 aliphatic rings. The van der Waals surface area contributed by atoms with Gasteiger partial charge in [-0.3, -0.25) is 0 Å². The number of halogens is 2. The molecule has 6 rings (SSSR count). The van der Waals surface area contributed by atoms with E-state index in [1.54, 1.807) is 12.1 Å². The highest BCUT2D eigenvalue weighted by atomic mass is 35.5. The number of carbonyl (C=O) groups is 2. The Labute approximate surface area is 261 Å². The van der Waals surface area contributed by atoms with Gasteiger partial charge in [0.1, 0.15) is 11.5 Å². The molecule has 228 valence electrons. The van der Waals surface area contributed by atoms with Gasteiger partial charge in [0.05, 0.1) is 0 Å². The minimum Gasteiger partial charge on any atom is -0.493 e. The lowest BCUT2D eigenvalue weighted by Gasteiger charge is -2.14. The third-order valence-corrected chi connectivity index (χ3v) is 7.89. The van der Waals surface area contributed by atoms with Gasteiger partial charge in [-0.05, 0) is 48.5 Å². The van der Waals surface area contributed by atoms with Crippen molar-refractivity contribution in [2.45, 2.75) is 5.25 Å². The number of nitrogens with zero attached hydrogens (tertiary/aromatic N) is 10. The number of nitrogens with one attached hydrogen (secondary N) is 2. The monoisotopic (exact) mass is 670 g/mol. The Bertz CT molecular complexity index is 2120. The Morgan fingerprint density at radius 3 is 1.84 bits per heavy atom. The van der Waals surface area contributed by atoms with Crippen LogP contribution in [0.1, 0.15) is 16.8 Å². The van der Waals surface area contributed by atoms with Crippen LogP contribution < -0.4 is 10.6 Å². The molecular formula is C24H16Cl2N12O6S. The van der Waals surface area contributed by atoms with E-state index in [1.165, 1.54) is 36.4 Å². The molecule has 0 bridgehead atoms. The summed E-state index contributed by atoms with van der Waals surface area (Å²) in [6.45, 7) is 0. The van der Waals surface area contributed by atoms with Crippen molar-refractivity contribution in [3.8, 4) is 11.8 Å². The number of hydrogen-bond acceptors (Lipinski definition) is 10. The van der Waals surface area contributed by atoms with Crippen LogP contribution in [0.2, 0.25) is 10.0 Å². The number of fused-ring (bicyclic) bond motifs is 2. The zero-order chi connectivity index (χ0) is 32.0. The first-order valence-electron chi connectivity index (χ1n) is 12.4. The number of aromatic nitrogens is 4. The second-order valence-electron chi connectivity index (χ2n) is 9.22. The number of hydrogen-bond donors (Lipinski definition) is 4. The van der Waals surface area contributed by atoms with E-state index in [4.69, 9.17) is 23.2 Å². The molecule has 0 spiro atoms. The molecule has 2 aromatic heterocycles. The van der Waals surface area contributed by atoms with Gasteiger partial charge < -0.3 is 20.8 Å². The highest BCUT2D eigenvalue weighted by Crippen LogP contribution is 2.43. The van der Waals surface area contributed by atoms with Gasteiger partial charge in [-0.15, -0.1) is 20.5 Å². The van der Waals surface area contributed by atoms with Crippen LogP contribution in [0.5, 0.6) is 11.8 Å². The van der Waals surface area contributed by atoms with Crippen molar-refractivity contribution in [2.75, 3.05) is 16.9 Å². The van der Waals surface area contributed by atoms with Gasteiger partial charge >= 0.3 is 12.1 Å². The lowest BCUT2D eigenvalue weighted by Crippen LogP contribution is -2.22. The summed E-state index contributed by atoms with van der Waals surface area (Å²) in [6, 6.07) is 10.5. The molecule has 45 heavy (non-hydrogen) atoms. The van der Waals surface area contributed by atoms with Gasteiger partial charge in [-0.1, -0.05) is 23.2 Å². The molecule has 1 atom stereocenters.